The Labute approximate surface area is 364 Å². The maximum atomic E-state index is 2.41. The van der Waals surface area contributed by atoms with Crippen molar-refractivity contribution in [2.24, 2.45) is 0 Å². The maximum Gasteiger partial charge on any atom is 0.0713 e. The lowest BCUT2D eigenvalue weighted by Crippen LogP contribution is -2.31. The van der Waals surface area contributed by atoms with E-state index >= 15 is 0 Å². The van der Waals surface area contributed by atoms with Gasteiger partial charge in [0.25, 0.3) is 0 Å². The standard InChI is InChI=1S/C61H43N/c1-4-18-44(19-5-1)46-32-36-49(37-33-46)61(58-29-15-12-27-56(58)54-25-10-11-26-55(54)57-28-13-16-30-59(57)61)50-38-42-52(43-39-50)62(51-40-34-47(35-41-51)45-20-6-2-7-21-45)60-31-17-14-24-53(60)48-22-8-3-9-23-48/h1-43H. The average molecular weight is 790 g/mol. The van der Waals surface area contributed by atoms with Gasteiger partial charge >= 0.3 is 0 Å². The fourth-order valence-electron chi connectivity index (χ4n) is 9.77. The molecule has 0 atom stereocenters. The van der Waals surface area contributed by atoms with Gasteiger partial charge in [0.2, 0.25) is 0 Å². The normalized spacial score (nSPS) is 12.3. The van der Waals surface area contributed by atoms with Gasteiger partial charge in [0.1, 0.15) is 0 Å². The topological polar surface area (TPSA) is 3.24 Å². The van der Waals surface area contributed by atoms with Crippen molar-refractivity contribution in [2.45, 2.75) is 5.41 Å². The molecular weight excluding hydrogens is 747 g/mol. The summed E-state index contributed by atoms with van der Waals surface area (Å²) in [6, 6.07) is 95.5. The van der Waals surface area contributed by atoms with Gasteiger partial charge in [0.05, 0.1) is 11.1 Å². The molecule has 0 aromatic heterocycles. The molecule has 1 nitrogen and oxygen atoms in total. The van der Waals surface area contributed by atoms with Crippen LogP contribution in [0.3, 0.4) is 0 Å². The van der Waals surface area contributed by atoms with Crippen molar-refractivity contribution in [1.82, 2.24) is 0 Å². The van der Waals surface area contributed by atoms with Gasteiger partial charge in [-0.05, 0) is 103 Å². The van der Waals surface area contributed by atoms with Crippen LogP contribution in [0.1, 0.15) is 22.3 Å². The van der Waals surface area contributed by atoms with Crippen molar-refractivity contribution in [3.05, 3.63) is 283 Å². The van der Waals surface area contributed by atoms with Crippen molar-refractivity contribution < 1.29 is 0 Å². The monoisotopic (exact) mass is 789 g/mol. The van der Waals surface area contributed by atoms with Crippen molar-refractivity contribution in [1.29, 1.82) is 0 Å². The molecule has 0 aliphatic heterocycles. The van der Waals surface area contributed by atoms with E-state index in [-0.39, 0.29) is 0 Å². The van der Waals surface area contributed by atoms with Crippen LogP contribution in [-0.2, 0) is 5.41 Å². The van der Waals surface area contributed by atoms with Crippen LogP contribution in [0.25, 0.3) is 55.6 Å². The predicted octanol–water partition coefficient (Wildman–Crippen LogP) is 16.2. The van der Waals surface area contributed by atoms with Gasteiger partial charge in [0, 0.05) is 16.9 Å². The van der Waals surface area contributed by atoms with Crippen LogP contribution < -0.4 is 4.90 Å². The molecule has 0 heterocycles. The van der Waals surface area contributed by atoms with Gasteiger partial charge in [-0.25, -0.2) is 0 Å². The van der Waals surface area contributed by atoms with Gasteiger partial charge in [-0.3, -0.25) is 0 Å². The third-order valence-electron chi connectivity index (χ3n) is 12.6. The van der Waals surface area contributed by atoms with E-state index < -0.39 is 5.41 Å². The zero-order valence-electron chi connectivity index (χ0n) is 34.3. The molecule has 0 spiro atoms. The first-order valence-corrected chi connectivity index (χ1v) is 21.4. The molecule has 0 saturated carbocycles. The minimum absolute atomic E-state index is 0.649. The van der Waals surface area contributed by atoms with Crippen LogP contribution in [0.5, 0.6) is 0 Å². The lowest BCUT2D eigenvalue weighted by atomic mass is 9.63. The van der Waals surface area contributed by atoms with Crippen LogP contribution in [0.15, 0.2) is 261 Å². The van der Waals surface area contributed by atoms with E-state index in [9.17, 15) is 0 Å². The lowest BCUT2D eigenvalue weighted by molar-refractivity contribution is 0.751. The minimum atomic E-state index is -0.649. The van der Waals surface area contributed by atoms with E-state index in [1.54, 1.807) is 0 Å². The second-order valence-corrected chi connectivity index (χ2v) is 16.0. The first kappa shape index (κ1) is 37.0. The van der Waals surface area contributed by atoms with E-state index in [2.05, 4.69) is 266 Å². The van der Waals surface area contributed by atoms with Gasteiger partial charge in [0.15, 0.2) is 0 Å². The summed E-state index contributed by atoms with van der Waals surface area (Å²) >= 11 is 0. The quantitative estimate of drug-likeness (QED) is 0.148. The van der Waals surface area contributed by atoms with Crippen molar-refractivity contribution in [3.63, 3.8) is 0 Å². The Balaban J connectivity index is 1.14. The highest BCUT2D eigenvalue weighted by Crippen LogP contribution is 2.55. The number of rotatable bonds is 8. The molecule has 0 radical (unpaired) electrons. The highest BCUT2D eigenvalue weighted by molar-refractivity contribution is 5.93. The van der Waals surface area contributed by atoms with Crippen LogP contribution in [-0.4, -0.2) is 0 Å². The fourth-order valence-corrected chi connectivity index (χ4v) is 9.77. The second kappa shape index (κ2) is 15.9. The molecule has 1 heteroatoms. The molecule has 0 amide bonds. The second-order valence-electron chi connectivity index (χ2n) is 16.0. The molecule has 0 fully saturated rings. The van der Waals surface area contributed by atoms with Crippen molar-refractivity contribution in [2.75, 3.05) is 4.90 Å². The van der Waals surface area contributed by atoms with E-state index in [0.717, 1.165) is 17.1 Å². The maximum absolute atomic E-state index is 2.41. The summed E-state index contributed by atoms with van der Waals surface area (Å²) in [6.07, 6.45) is 0. The Morgan fingerprint density at radius 2 is 0.548 bits per heavy atom. The number of fused-ring (bicyclic) bond motifs is 5. The van der Waals surface area contributed by atoms with Gasteiger partial charge in [-0.15, -0.1) is 0 Å². The van der Waals surface area contributed by atoms with Crippen LogP contribution in [0.4, 0.5) is 17.1 Å². The summed E-state index contributed by atoms with van der Waals surface area (Å²) in [4.78, 5) is 2.41. The summed E-state index contributed by atoms with van der Waals surface area (Å²) in [5.41, 5.74) is 19.7. The Kier molecular flexibility index (Phi) is 9.48. The Morgan fingerprint density at radius 3 is 1.03 bits per heavy atom. The van der Waals surface area contributed by atoms with Gasteiger partial charge in [-0.1, -0.05) is 231 Å². The summed E-state index contributed by atoms with van der Waals surface area (Å²) in [5.74, 6) is 0. The minimum Gasteiger partial charge on any atom is -0.310 e. The predicted molar refractivity (Wildman–Crippen MR) is 260 cm³/mol. The van der Waals surface area contributed by atoms with Gasteiger partial charge in [-0.2, -0.15) is 0 Å². The van der Waals surface area contributed by atoms with E-state index in [1.165, 1.54) is 77.9 Å². The number of hydrogen-bond donors (Lipinski definition) is 0. The van der Waals surface area contributed by atoms with E-state index in [1.807, 2.05) is 0 Å². The summed E-state index contributed by atoms with van der Waals surface area (Å²) < 4.78 is 0. The highest BCUT2D eigenvalue weighted by atomic mass is 15.1. The number of hydrogen-bond acceptors (Lipinski definition) is 1. The zero-order valence-corrected chi connectivity index (χ0v) is 34.3. The van der Waals surface area contributed by atoms with Crippen molar-refractivity contribution in [3.8, 4) is 55.6 Å². The molecule has 62 heavy (non-hydrogen) atoms. The molecule has 0 unspecified atom stereocenters. The molecule has 0 saturated heterocycles. The molecule has 0 N–H and O–H groups in total. The molecule has 292 valence electrons. The van der Waals surface area contributed by atoms with Crippen molar-refractivity contribution >= 4 is 17.1 Å². The largest absolute Gasteiger partial charge is 0.310 e. The SMILES string of the molecule is c1ccc(-c2ccc(N(c3ccc(C4(c5ccc(-c6ccccc6)cc5)c5ccccc5-c5ccccc5-c5ccccc54)cc3)c3ccccc3-c3ccccc3)cc2)cc1. The molecular formula is C61H43N. The third-order valence-corrected chi connectivity index (χ3v) is 12.6. The van der Waals surface area contributed by atoms with E-state index in [0.29, 0.717) is 0 Å². The molecule has 11 rings (SSSR count). The first-order chi connectivity index (χ1) is 30.8. The molecule has 0 bridgehead atoms. The number of anilines is 3. The molecule has 10 aromatic rings. The first-order valence-electron chi connectivity index (χ1n) is 21.4. The summed E-state index contributed by atoms with van der Waals surface area (Å²) in [7, 11) is 0. The summed E-state index contributed by atoms with van der Waals surface area (Å²) in [6.45, 7) is 0. The lowest BCUT2D eigenvalue weighted by Gasteiger charge is -2.38. The number of nitrogens with zero attached hydrogens (tertiary/aromatic N) is 1. The number of benzene rings is 10. The zero-order chi connectivity index (χ0) is 41.3. The smallest absolute Gasteiger partial charge is 0.0713 e. The summed E-state index contributed by atoms with van der Waals surface area (Å²) in [5, 5.41) is 0. The van der Waals surface area contributed by atoms with E-state index in [4.69, 9.17) is 0 Å². The average Bonchev–Trinajstić information content (AvgIpc) is 3.47. The Hall–Kier alpha value is -8.00. The molecule has 10 aromatic carbocycles. The molecule has 1 aliphatic carbocycles. The van der Waals surface area contributed by atoms with Crippen LogP contribution >= 0.6 is 0 Å². The van der Waals surface area contributed by atoms with Crippen LogP contribution in [0.2, 0.25) is 0 Å². The Morgan fingerprint density at radius 1 is 0.226 bits per heavy atom. The third kappa shape index (κ3) is 6.35. The van der Waals surface area contributed by atoms with Gasteiger partial charge < -0.3 is 4.90 Å². The fraction of sp³-hybridized carbons (Fsp3) is 0.0164. The highest BCUT2D eigenvalue weighted by Gasteiger charge is 2.43. The molecule has 1 aliphatic rings. The number of para-hydroxylation sites is 1. The van der Waals surface area contributed by atoms with Crippen LogP contribution in [0, 0.1) is 0 Å². The Bertz CT molecular complexity index is 3070.